The number of aromatic nitrogens is 1. The first-order valence-corrected chi connectivity index (χ1v) is 8.66. The van der Waals surface area contributed by atoms with Crippen molar-refractivity contribution in [2.24, 2.45) is 0 Å². The van der Waals surface area contributed by atoms with Gasteiger partial charge in [0, 0.05) is 49.6 Å². The Balaban J connectivity index is 1.60. The summed E-state index contributed by atoms with van der Waals surface area (Å²) in [6.45, 7) is 4.04. The van der Waals surface area contributed by atoms with Gasteiger partial charge in [-0.2, -0.15) is 0 Å². The third-order valence-corrected chi connectivity index (χ3v) is 4.80. The number of hydrogen-bond acceptors (Lipinski definition) is 3. The number of amides is 1. The molecule has 1 aromatic carbocycles. The molecule has 4 nitrogen and oxygen atoms in total. The van der Waals surface area contributed by atoms with Crippen LogP contribution >= 0.6 is 27.5 Å². The molecular formula is C17H17BrClN3O. The number of halogens is 2. The van der Waals surface area contributed by atoms with Crippen LogP contribution in [0.5, 0.6) is 0 Å². The molecule has 1 aliphatic rings. The minimum Gasteiger partial charge on any atom is -0.336 e. The fraction of sp³-hybridized carbons (Fsp3) is 0.294. The summed E-state index contributed by atoms with van der Waals surface area (Å²) in [5.41, 5.74) is 1.80. The summed E-state index contributed by atoms with van der Waals surface area (Å²) in [7, 11) is 0. The summed E-state index contributed by atoms with van der Waals surface area (Å²) in [5.74, 6) is -0.000129. The van der Waals surface area contributed by atoms with Crippen molar-refractivity contribution < 1.29 is 4.79 Å². The van der Waals surface area contributed by atoms with Gasteiger partial charge in [0.15, 0.2) is 0 Å². The zero-order chi connectivity index (χ0) is 16.2. The lowest BCUT2D eigenvalue weighted by molar-refractivity contribution is 0.0628. The highest BCUT2D eigenvalue weighted by Gasteiger charge is 2.23. The molecule has 0 N–H and O–H groups in total. The maximum absolute atomic E-state index is 12.6. The van der Waals surface area contributed by atoms with E-state index in [0.717, 1.165) is 24.1 Å². The SMILES string of the molecule is O=C(c1cc(Br)ccc1Cl)N1CCN(Cc2ccncc2)CC1. The molecule has 3 rings (SSSR count). The summed E-state index contributed by atoms with van der Waals surface area (Å²) in [6.07, 6.45) is 3.62. The van der Waals surface area contributed by atoms with Gasteiger partial charge in [-0.05, 0) is 35.9 Å². The van der Waals surface area contributed by atoms with Gasteiger partial charge in [-0.1, -0.05) is 27.5 Å². The quantitative estimate of drug-likeness (QED) is 0.800. The molecule has 0 unspecified atom stereocenters. The lowest BCUT2D eigenvalue weighted by atomic mass is 10.1. The molecule has 6 heteroatoms. The van der Waals surface area contributed by atoms with Crippen LogP contribution in [0.25, 0.3) is 0 Å². The lowest BCUT2D eigenvalue weighted by Gasteiger charge is -2.35. The van der Waals surface area contributed by atoms with Gasteiger partial charge in [-0.3, -0.25) is 14.7 Å². The standard InChI is InChI=1S/C17H17BrClN3O/c18-14-1-2-16(19)15(11-14)17(23)22-9-7-21(8-10-22)12-13-3-5-20-6-4-13/h1-6,11H,7-10,12H2. The first-order chi connectivity index (χ1) is 11.1. The fourth-order valence-electron chi connectivity index (χ4n) is 2.69. The molecular weight excluding hydrogens is 378 g/mol. The summed E-state index contributed by atoms with van der Waals surface area (Å²) < 4.78 is 0.863. The van der Waals surface area contributed by atoms with E-state index in [1.165, 1.54) is 5.56 Å². The number of hydrogen-bond donors (Lipinski definition) is 0. The Hall–Kier alpha value is -1.43. The zero-order valence-electron chi connectivity index (χ0n) is 12.6. The largest absolute Gasteiger partial charge is 0.336 e. The van der Waals surface area contributed by atoms with Crippen molar-refractivity contribution in [2.75, 3.05) is 26.2 Å². The minimum atomic E-state index is -0.000129. The second kappa shape index (κ2) is 7.43. The van der Waals surface area contributed by atoms with Crippen molar-refractivity contribution in [1.82, 2.24) is 14.8 Å². The predicted octanol–water partition coefficient (Wildman–Crippen LogP) is 3.46. The zero-order valence-corrected chi connectivity index (χ0v) is 14.9. The second-order valence-corrected chi connectivity index (χ2v) is 6.87. The van der Waals surface area contributed by atoms with Crippen LogP contribution in [0, 0.1) is 0 Å². The Morgan fingerprint density at radius 2 is 1.83 bits per heavy atom. The monoisotopic (exact) mass is 393 g/mol. The van der Waals surface area contributed by atoms with Gasteiger partial charge < -0.3 is 4.90 Å². The number of piperazine rings is 1. The molecule has 1 aliphatic heterocycles. The number of carbonyl (C=O) groups is 1. The van der Waals surface area contributed by atoms with E-state index in [-0.39, 0.29) is 5.91 Å². The van der Waals surface area contributed by atoms with Crippen molar-refractivity contribution in [1.29, 1.82) is 0 Å². The van der Waals surface area contributed by atoms with Crippen molar-refractivity contribution in [3.05, 3.63) is 63.3 Å². The van der Waals surface area contributed by atoms with Crippen molar-refractivity contribution in [3.63, 3.8) is 0 Å². The van der Waals surface area contributed by atoms with Gasteiger partial charge in [0.05, 0.1) is 10.6 Å². The minimum absolute atomic E-state index is 0.000129. The van der Waals surface area contributed by atoms with E-state index in [1.54, 1.807) is 12.1 Å². The van der Waals surface area contributed by atoms with Gasteiger partial charge in [0.2, 0.25) is 0 Å². The average Bonchev–Trinajstić information content (AvgIpc) is 2.58. The number of benzene rings is 1. The maximum Gasteiger partial charge on any atom is 0.255 e. The molecule has 0 saturated carbocycles. The number of nitrogens with zero attached hydrogens (tertiary/aromatic N) is 3. The maximum atomic E-state index is 12.6. The van der Waals surface area contributed by atoms with Crippen molar-refractivity contribution in [2.45, 2.75) is 6.54 Å². The third kappa shape index (κ3) is 4.10. The molecule has 1 saturated heterocycles. The Kier molecular flexibility index (Phi) is 5.30. The summed E-state index contributed by atoms with van der Waals surface area (Å²) in [5, 5.41) is 0.498. The van der Waals surface area contributed by atoms with Crippen LogP contribution in [0.15, 0.2) is 47.2 Å². The van der Waals surface area contributed by atoms with Gasteiger partial charge in [0.1, 0.15) is 0 Å². The smallest absolute Gasteiger partial charge is 0.255 e. The molecule has 2 heterocycles. The third-order valence-electron chi connectivity index (χ3n) is 3.97. The molecule has 1 fully saturated rings. The van der Waals surface area contributed by atoms with Crippen molar-refractivity contribution in [3.8, 4) is 0 Å². The lowest BCUT2D eigenvalue weighted by Crippen LogP contribution is -2.48. The van der Waals surface area contributed by atoms with Gasteiger partial charge in [0.25, 0.3) is 5.91 Å². The highest BCUT2D eigenvalue weighted by molar-refractivity contribution is 9.10. The van der Waals surface area contributed by atoms with Crippen LogP contribution in [0.4, 0.5) is 0 Å². The van der Waals surface area contributed by atoms with E-state index in [2.05, 4.69) is 25.8 Å². The Morgan fingerprint density at radius 3 is 2.52 bits per heavy atom. The Labute approximate surface area is 149 Å². The topological polar surface area (TPSA) is 36.4 Å². The molecule has 0 bridgehead atoms. The molecule has 0 spiro atoms. The first-order valence-electron chi connectivity index (χ1n) is 7.49. The van der Waals surface area contributed by atoms with E-state index >= 15 is 0 Å². The molecule has 0 atom stereocenters. The highest BCUT2D eigenvalue weighted by atomic mass is 79.9. The highest BCUT2D eigenvalue weighted by Crippen LogP contribution is 2.23. The van der Waals surface area contributed by atoms with E-state index in [0.29, 0.717) is 23.7 Å². The normalized spacial score (nSPS) is 15.7. The van der Waals surface area contributed by atoms with Crippen molar-refractivity contribution >= 4 is 33.4 Å². The molecule has 0 aliphatic carbocycles. The van der Waals surface area contributed by atoms with E-state index in [9.17, 15) is 4.79 Å². The number of carbonyl (C=O) groups excluding carboxylic acids is 1. The Bertz CT molecular complexity index is 687. The number of rotatable bonds is 3. The fourth-order valence-corrected chi connectivity index (χ4v) is 3.25. The van der Waals surface area contributed by atoms with E-state index in [1.807, 2.05) is 35.5 Å². The van der Waals surface area contributed by atoms with Gasteiger partial charge in [-0.25, -0.2) is 0 Å². The summed E-state index contributed by atoms with van der Waals surface area (Å²) >= 11 is 9.55. The molecule has 2 aromatic rings. The molecule has 0 radical (unpaired) electrons. The summed E-state index contributed by atoms with van der Waals surface area (Å²) in [6, 6.07) is 9.43. The van der Waals surface area contributed by atoms with Crippen LogP contribution in [-0.4, -0.2) is 46.9 Å². The molecule has 1 amide bonds. The van der Waals surface area contributed by atoms with E-state index in [4.69, 9.17) is 11.6 Å². The van der Waals surface area contributed by atoms with Crippen LogP contribution < -0.4 is 0 Å². The van der Waals surface area contributed by atoms with Crippen LogP contribution in [0.1, 0.15) is 15.9 Å². The van der Waals surface area contributed by atoms with Gasteiger partial charge >= 0.3 is 0 Å². The second-order valence-electron chi connectivity index (χ2n) is 5.55. The Morgan fingerprint density at radius 1 is 1.13 bits per heavy atom. The predicted molar refractivity (Wildman–Crippen MR) is 94.6 cm³/mol. The average molecular weight is 395 g/mol. The van der Waals surface area contributed by atoms with Crippen LogP contribution in [0.2, 0.25) is 5.02 Å². The van der Waals surface area contributed by atoms with Gasteiger partial charge in [-0.15, -0.1) is 0 Å². The van der Waals surface area contributed by atoms with E-state index < -0.39 is 0 Å². The summed E-state index contributed by atoms with van der Waals surface area (Å²) in [4.78, 5) is 20.9. The molecule has 23 heavy (non-hydrogen) atoms. The molecule has 1 aromatic heterocycles. The van der Waals surface area contributed by atoms with Crippen LogP contribution in [0.3, 0.4) is 0 Å². The molecule has 120 valence electrons. The van der Waals surface area contributed by atoms with Crippen LogP contribution in [-0.2, 0) is 6.54 Å². The first kappa shape index (κ1) is 16.4. The number of pyridine rings is 1.